The summed E-state index contributed by atoms with van der Waals surface area (Å²) in [7, 11) is 0. The van der Waals surface area contributed by atoms with Gasteiger partial charge in [-0.05, 0) is 32.6 Å². The molecule has 1 saturated carbocycles. The third kappa shape index (κ3) is 3.08. The Bertz CT molecular complexity index is 224. The molecule has 1 amide bonds. The quantitative estimate of drug-likeness (QED) is 0.651. The average molecular weight is 181 g/mol. The van der Waals surface area contributed by atoms with Gasteiger partial charge in [-0.2, -0.15) is 0 Å². The van der Waals surface area contributed by atoms with Gasteiger partial charge in [-0.3, -0.25) is 4.79 Å². The lowest BCUT2D eigenvalue weighted by Gasteiger charge is -2.36. The topological polar surface area (TPSA) is 38.3 Å². The minimum atomic E-state index is -0.326. The van der Waals surface area contributed by atoms with E-state index in [4.69, 9.17) is 11.2 Å². The first-order chi connectivity index (χ1) is 6.11. The van der Waals surface area contributed by atoms with Crippen LogP contribution in [0.15, 0.2) is 0 Å². The fraction of sp³-hybridized carbons (Fsp3) is 0.700. The van der Waals surface area contributed by atoms with Gasteiger partial charge in [0, 0.05) is 6.04 Å². The SMILES string of the molecule is C#CC(=O)NC1CC(OC(C)C)C1. The summed E-state index contributed by atoms with van der Waals surface area (Å²) in [6.45, 7) is 4.01. The summed E-state index contributed by atoms with van der Waals surface area (Å²) in [4.78, 5) is 10.8. The number of ether oxygens (including phenoxy) is 1. The molecule has 1 rings (SSSR count). The van der Waals surface area contributed by atoms with E-state index in [1.807, 2.05) is 19.8 Å². The third-order valence-electron chi connectivity index (χ3n) is 2.03. The van der Waals surface area contributed by atoms with E-state index in [-0.39, 0.29) is 18.1 Å². The van der Waals surface area contributed by atoms with Crippen molar-refractivity contribution in [3.05, 3.63) is 0 Å². The van der Waals surface area contributed by atoms with Gasteiger partial charge in [0.15, 0.2) is 0 Å². The Kier molecular flexibility index (Phi) is 3.32. The highest BCUT2D eigenvalue weighted by atomic mass is 16.5. The van der Waals surface area contributed by atoms with E-state index in [1.165, 1.54) is 0 Å². The lowest BCUT2D eigenvalue weighted by molar-refractivity contribution is -0.118. The summed E-state index contributed by atoms with van der Waals surface area (Å²) in [5.41, 5.74) is 0. The molecule has 1 N–H and O–H groups in total. The number of nitrogens with one attached hydrogen (secondary N) is 1. The highest BCUT2D eigenvalue weighted by Gasteiger charge is 2.31. The fourth-order valence-corrected chi connectivity index (χ4v) is 1.41. The second-order valence-electron chi connectivity index (χ2n) is 3.59. The maximum Gasteiger partial charge on any atom is 0.295 e. The van der Waals surface area contributed by atoms with Gasteiger partial charge in [0.2, 0.25) is 0 Å². The van der Waals surface area contributed by atoms with Crippen LogP contribution in [0.5, 0.6) is 0 Å². The predicted molar refractivity (Wildman–Crippen MR) is 50.0 cm³/mol. The molecule has 0 unspecified atom stereocenters. The Morgan fingerprint density at radius 2 is 2.23 bits per heavy atom. The average Bonchev–Trinajstić information content (AvgIpc) is 1.99. The Balaban J connectivity index is 2.12. The van der Waals surface area contributed by atoms with Crippen molar-refractivity contribution in [1.29, 1.82) is 0 Å². The van der Waals surface area contributed by atoms with Crippen LogP contribution in [0.1, 0.15) is 26.7 Å². The Hall–Kier alpha value is -1.01. The van der Waals surface area contributed by atoms with Crippen molar-refractivity contribution < 1.29 is 9.53 Å². The minimum Gasteiger partial charge on any atom is -0.375 e. The van der Waals surface area contributed by atoms with Gasteiger partial charge in [0.25, 0.3) is 5.91 Å². The number of hydrogen-bond acceptors (Lipinski definition) is 2. The largest absolute Gasteiger partial charge is 0.375 e. The molecule has 0 heterocycles. The van der Waals surface area contributed by atoms with E-state index in [0.717, 1.165) is 12.8 Å². The Labute approximate surface area is 78.8 Å². The Morgan fingerprint density at radius 3 is 2.69 bits per heavy atom. The number of amides is 1. The molecular weight excluding hydrogens is 166 g/mol. The number of carbonyl (C=O) groups excluding carboxylic acids is 1. The lowest BCUT2D eigenvalue weighted by Crippen LogP contribution is -2.48. The van der Waals surface area contributed by atoms with Gasteiger partial charge >= 0.3 is 0 Å². The molecule has 0 aromatic heterocycles. The summed E-state index contributed by atoms with van der Waals surface area (Å²) in [6.07, 6.45) is 7.24. The van der Waals surface area contributed by atoms with Crippen molar-refractivity contribution in [3.8, 4) is 12.3 Å². The van der Waals surface area contributed by atoms with Crippen LogP contribution < -0.4 is 5.32 Å². The lowest BCUT2D eigenvalue weighted by atomic mass is 9.89. The molecule has 0 spiro atoms. The number of rotatable bonds is 3. The number of terminal acetylenes is 1. The first-order valence-corrected chi connectivity index (χ1v) is 4.54. The van der Waals surface area contributed by atoms with E-state index in [1.54, 1.807) is 0 Å². The van der Waals surface area contributed by atoms with E-state index in [9.17, 15) is 4.79 Å². The van der Waals surface area contributed by atoms with Crippen LogP contribution >= 0.6 is 0 Å². The molecule has 1 aliphatic carbocycles. The van der Waals surface area contributed by atoms with Gasteiger partial charge in [0.1, 0.15) is 0 Å². The third-order valence-corrected chi connectivity index (χ3v) is 2.03. The molecule has 13 heavy (non-hydrogen) atoms. The molecule has 0 radical (unpaired) electrons. The van der Waals surface area contributed by atoms with Gasteiger partial charge in [-0.1, -0.05) is 0 Å². The minimum absolute atomic E-state index is 0.215. The molecule has 0 bridgehead atoms. The van der Waals surface area contributed by atoms with Gasteiger partial charge in [-0.25, -0.2) is 0 Å². The van der Waals surface area contributed by atoms with Crippen LogP contribution in [0.25, 0.3) is 0 Å². The summed E-state index contributed by atoms with van der Waals surface area (Å²) in [5, 5.41) is 2.71. The molecule has 0 atom stereocenters. The molecule has 72 valence electrons. The molecule has 0 aromatic rings. The first kappa shape index (κ1) is 10.1. The van der Waals surface area contributed by atoms with Crippen LogP contribution in [-0.4, -0.2) is 24.2 Å². The van der Waals surface area contributed by atoms with Crippen LogP contribution in [0.4, 0.5) is 0 Å². The van der Waals surface area contributed by atoms with E-state index in [2.05, 4.69) is 5.32 Å². The van der Waals surface area contributed by atoms with Crippen molar-refractivity contribution >= 4 is 5.91 Å². The van der Waals surface area contributed by atoms with Crippen molar-refractivity contribution in [2.45, 2.75) is 44.9 Å². The van der Waals surface area contributed by atoms with E-state index >= 15 is 0 Å². The van der Waals surface area contributed by atoms with Gasteiger partial charge in [0.05, 0.1) is 12.2 Å². The maximum atomic E-state index is 10.8. The molecule has 0 aromatic carbocycles. The maximum absolute atomic E-state index is 10.8. The second-order valence-corrected chi connectivity index (χ2v) is 3.59. The molecule has 1 aliphatic rings. The van der Waals surface area contributed by atoms with Crippen molar-refractivity contribution in [2.75, 3.05) is 0 Å². The summed E-state index contributed by atoms with van der Waals surface area (Å²) in [6, 6.07) is 0.215. The van der Waals surface area contributed by atoms with Crippen molar-refractivity contribution in [1.82, 2.24) is 5.32 Å². The zero-order chi connectivity index (χ0) is 9.84. The zero-order valence-corrected chi connectivity index (χ0v) is 8.04. The predicted octanol–water partition coefficient (Wildman–Crippen LogP) is 0.692. The van der Waals surface area contributed by atoms with Crippen molar-refractivity contribution in [2.24, 2.45) is 0 Å². The fourth-order valence-electron chi connectivity index (χ4n) is 1.41. The highest BCUT2D eigenvalue weighted by Crippen LogP contribution is 2.24. The molecular formula is C10H15NO2. The van der Waals surface area contributed by atoms with Crippen molar-refractivity contribution in [3.63, 3.8) is 0 Å². The second kappa shape index (κ2) is 4.29. The van der Waals surface area contributed by atoms with Crippen LogP contribution in [-0.2, 0) is 9.53 Å². The van der Waals surface area contributed by atoms with Crippen LogP contribution in [0.2, 0.25) is 0 Å². The highest BCUT2D eigenvalue weighted by molar-refractivity contribution is 5.93. The normalized spacial score (nSPS) is 26.3. The summed E-state index contributed by atoms with van der Waals surface area (Å²) < 4.78 is 5.53. The summed E-state index contributed by atoms with van der Waals surface area (Å²) in [5.74, 6) is 1.70. The molecule has 1 fully saturated rings. The molecule has 3 heteroatoms. The first-order valence-electron chi connectivity index (χ1n) is 4.54. The number of hydrogen-bond donors (Lipinski definition) is 1. The molecule has 0 saturated heterocycles. The van der Waals surface area contributed by atoms with E-state index in [0.29, 0.717) is 6.10 Å². The zero-order valence-electron chi connectivity index (χ0n) is 8.04. The van der Waals surface area contributed by atoms with Crippen LogP contribution in [0, 0.1) is 12.3 Å². The van der Waals surface area contributed by atoms with E-state index < -0.39 is 0 Å². The standard InChI is InChI=1S/C10H15NO2/c1-4-10(12)11-8-5-9(6-8)13-7(2)3/h1,7-9H,5-6H2,2-3H3,(H,11,12). The molecule has 0 aliphatic heterocycles. The van der Waals surface area contributed by atoms with Gasteiger partial charge in [-0.15, -0.1) is 6.42 Å². The monoisotopic (exact) mass is 181 g/mol. The Morgan fingerprint density at radius 1 is 1.62 bits per heavy atom. The smallest absolute Gasteiger partial charge is 0.295 e. The van der Waals surface area contributed by atoms with Gasteiger partial charge < -0.3 is 10.1 Å². The number of carbonyl (C=O) groups is 1. The molecule has 3 nitrogen and oxygen atoms in total. The summed E-state index contributed by atoms with van der Waals surface area (Å²) >= 11 is 0. The van der Waals surface area contributed by atoms with Crippen LogP contribution in [0.3, 0.4) is 0 Å².